The molecular weight excluding hydrogens is 448 g/mol. The van der Waals surface area contributed by atoms with Crippen LogP contribution in [0.5, 0.6) is 0 Å². The number of nitrogens with two attached hydrogens (primary N) is 15. The monoisotopic (exact) mass is 494 g/mol. The van der Waals surface area contributed by atoms with E-state index in [4.69, 9.17) is 91.1 Å². The Morgan fingerprint density at radius 1 is 0.794 bits per heavy atom. The highest BCUT2D eigenvalue weighted by atomic mass is 16.4. The summed E-state index contributed by atoms with van der Waals surface area (Å²) >= 11 is 0. The quantitative estimate of drug-likeness (QED) is 0.0604. The third-order valence-electron chi connectivity index (χ3n) is 6.89. The van der Waals surface area contributed by atoms with Gasteiger partial charge in [0, 0.05) is 0 Å². The normalized spacial score (nSPS) is 18.2. The second kappa shape index (κ2) is 9.55. The zero-order valence-corrected chi connectivity index (χ0v) is 19.6. The van der Waals surface area contributed by atoms with Crippen molar-refractivity contribution in [3.63, 3.8) is 0 Å². The topological polar surface area (TPSA) is 440 Å². The molecular formula is C16H46N16O2. The summed E-state index contributed by atoms with van der Waals surface area (Å²) < 4.78 is 0. The number of carboxylic acids is 1. The van der Waals surface area contributed by atoms with Gasteiger partial charge in [-0.15, -0.1) is 6.58 Å². The van der Waals surface area contributed by atoms with Crippen molar-refractivity contribution in [1.29, 1.82) is 0 Å². The highest BCUT2D eigenvalue weighted by Crippen LogP contribution is 2.41. The Morgan fingerprint density at radius 3 is 1.56 bits per heavy atom. The fraction of sp³-hybridized carbons (Fsp3) is 0.812. The summed E-state index contributed by atoms with van der Waals surface area (Å²) in [6.07, 6.45) is 0.565. The number of rotatable bonds is 14. The minimum Gasteiger partial charge on any atom is -0.480 e. The molecule has 0 saturated heterocycles. The van der Waals surface area contributed by atoms with Crippen molar-refractivity contribution in [2.24, 2.45) is 86.0 Å². The predicted molar refractivity (Wildman–Crippen MR) is 130 cm³/mol. The third kappa shape index (κ3) is 4.68. The van der Waals surface area contributed by atoms with E-state index >= 15 is 0 Å². The van der Waals surface area contributed by atoms with Gasteiger partial charge in [0.2, 0.25) is 0 Å². The van der Waals surface area contributed by atoms with Crippen molar-refractivity contribution in [2.75, 3.05) is 13.1 Å². The van der Waals surface area contributed by atoms with E-state index in [2.05, 4.69) is 11.9 Å². The van der Waals surface area contributed by atoms with E-state index in [0.29, 0.717) is 0 Å². The van der Waals surface area contributed by atoms with Gasteiger partial charge in [-0.05, 0) is 19.4 Å². The van der Waals surface area contributed by atoms with E-state index in [-0.39, 0.29) is 25.9 Å². The highest BCUT2D eigenvalue weighted by Gasteiger charge is 2.72. The molecule has 0 spiro atoms. The van der Waals surface area contributed by atoms with Gasteiger partial charge in [-0.3, -0.25) is 22.0 Å². The molecule has 0 aromatic rings. The minimum absolute atomic E-state index is 0.0348. The summed E-state index contributed by atoms with van der Waals surface area (Å²) in [7, 11) is 0. The Kier molecular flexibility index (Phi) is 9.15. The lowest BCUT2D eigenvalue weighted by Gasteiger charge is -2.65. The third-order valence-corrected chi connectivity index (χ3v) is 6.89. The zero-order valence-electron chi connectivity index (χ0n) is 19.6. The van der Waals surface area contributed by atoms with Gasteiger partial charge in [-0.1, -0.05) is 13.0 Å². The summed E-state index contributed by atoms with van der Waals surface area (Å²) in [6, 6.07) is 0. The van der Waals surface area contributed by atoms with Crippen LogP contribution >= 0.6 is 0 Å². The number of nitrogens with one attached hydrogen (secondary N) is 1. The molecule has 0 heterocycles. The predicted octanol–water partition coefficient (Wildman–Crippen LogP) is -9.36. The average molecular weight is 495 g/mol. The molecule has 0 amide bonds. The molecule has 34 heavy (non-hydrogen) atoms. The van der Waals surface area contributed by atoms with Gasteiger partial charge >= 0.3 is 5.97 Å². The lowest BCUT2D eigenvalue weighted by molar-refractivity contribution is -0.136. The summed E-state index contributed by atoms with van der Waals surface area (Å²) in [5, 5.41) is 11.3. The molecule has 0 fully saturated rings. The molecule has 0 radical (unpaired) electrons. The van der Waals surface area contributed by atoms with Crippen molar-refractivity contribution in [3.05, 3.63) is 12.7 Å². The van der Waals surface area contributed by atoms with Crippen molar-refractivity contribution < 1.29 is 9.90 Å². The Morgan fingerprint density at radius 2 is 1.24 bits per heavy atom. The Labute approximate surface area is 198 Å². The molecule has 18 heteroatoms. The van der Waals surface area contributed by atoms with Gasteiger partial charge in [0.25, 0.3) is 0 Å². The lowest BCUT2D eigenvalue weighted by atomic mass is 9.55. The van der Waals surface area contributed by atoms with Crippen LogP contribution in [-0.4, -0.2) is 69.3 Å². The van der Waals surface area contributed by atoms with Crippen LogP contribution in [0, 0.1) is 0 Å². The fourth-order valence-corrected chi connectivity index (χ4v) is 3.80. The van der Waals surface area contributed by atoms with Crippen molar-refractivity contribution in [3.8, 4) is 0 Å². The first-order chi connectivity index (χ1) is 14.8. The first-order valence-corrected chi connectivity index (χ1v) is 10.2. The summed E-state index contributed by atoms with van der Waals surface area (Å²) in [5.41, 5.74) is 76.3. The number of aliphatic carboxylic acids is 1. The zero-order chi connectivity index (χ0) is 27.8. The van der Waals surface area contributed by atoms with Crippen LogP contribution in [0.4, 0.5) is 0 Å². The van der Waals surface area contributed by atoms with E-state index < -0.39 is 51.1 Å². The minimum atomic E-state index is -2.56. The van der Waals surface area contributed by atoms with Gasteiger partial charge in [0.1, 0.15) is 28.3 Å². The van der Waals surface area contributed by atoms with Crippen LogP contribution in [-0.2, 0) is 4.79 Å². The molecule has 0 aliphatic heterocycles. The van der Waals surface area contributed by atoms with E-state index in [9.17, 15) is 4.79 Å². The molecule has 0 rings (SSSR count). The van der Waals surface area contributed by atoms with Gasteiger partial charge in [-0.25, -0.2) is 0 Å². The van der Waals surface area contributed by atoms with Crippen LogP contribution in [0.1, 0.15) is 19.8 Å². The maximum Gasteiger partial charge on any atom is 0.317 e. The van der Waals surface area contributed by atoms with Crippen molar-refractivity contribution in [2.45, 2.75) is 64.9 Å². The fourth-order valence-electron chi connectivity index (χ4n) is 3.80. The molecule has 0 saturated carbocycles. The molecule has 32 N–H and O–H groups in total. The molecule has 0 aliphatic rings. The van der Waals surface area contributed by atoms with E-state index in [1.54, 1.807) is 0 Å². The number of hydrogen-bond donors (Lipinski definition) is 17. The van der Waals surface area contributed by atoms with Gasteiger partial charge in [0.15, 0.2) is 5.79 Å². The Hall–Kier alpha value is -1.43. The Balaban J connectivity index is 6.76. The molecule has 18 nitrogen and oxygen atoms in total. The number of carboxylic acid groups (broad SMARTS) is 1. The summed E-state index contributed by atoms with van der Waals surface area (Å²) in [5.74, 6) is -3.51. The van der Waals surface area contributed by atoms with E-state index in [1.807, 2.05) is 0 Å². The van der Waals surface area contributed by atoms with Crippen LogP contribution in [0.2, 0.25) is 0 Å². The second-order valence-corrected chi connectivity index (χ2v) is 9.17. The highest BCUT2D eigenvalue weighted by molar-refractivity contribution is 5.68. The second-order valence-electron chi connectivity index (χ2n) is 9.17. The van der Waals surface area contributed by atoms with Crippen LogP contribution in [0.25, 0.3) is 0 Å². The number of carbonyl (C=O) groups is 1. The van der Waals surface area contributed by atoms with Gasteiger partial charge < -0.3 is 79.2 Å². The molecule has 0 bridgehead atoms. The van der Waals surface area contributed by atoms with Gasteiger partial charge in [-0.2, -0.15) is 0 Å². The molecule has 0 aliphatic carbocycles. The largest absolute Gasteiger partial charge is 0.480 e. The van der Waals surface area contributed by atoms with E-state index in [0.717, 1.165) is 6.08 Å². The molecule has 0 aromatic heterocycles. The molecule has 0 aromatic carbocycles. The van der Waals surface area contributed by atoms with Crippen molar-refractivity contribution >= 4 is 5.97 Å². The first-order valence-electron chi connectivity index (χ1n) is 10.2. The standard InChI is InChI=1S/C16H46N16O2/c1-3-9(17,10(18,4-2)13(23,24)15(27,28)16(29,30)31)12(21,22)14(25,26)11(19,20)5-6-32-7-8(33)34/h4,32H,2-3,5-7,17-31H2,1H3,(H,33,34). The van der Waals surface area contributed by atoms with Gasteiger partial charge in [0.05, 0.1) is 17.6 Å². The lowest BCUT2D eigenvalue weighted by Crippen LogP contribution is -3.05. The smallest absolute Gasteiger partial charge is 0.317 e. The summed E-state index contributed by atoms with van der Waals surface area (Å²) in [4.78, 5) is 10.7. The van der Waals surface area contributed by atoms with Crippen LogP contribution < -0.4 is 91.3 Å². The van der Waals surface area contributed by atoms with Crippen LogP contribution in [0.3, 0.4) is 0 Å². The van der Waals surface area contributed by atoms with Crippen molar-refractivity contribution in [1.82, 2.24) is 5.32 Å². The first kappa shape index (κ1) is 32.6. The molecule has 2 atom stereocenters. The van der Waals surface area contributed by atoms with Crippen LogP contribution in [0.15, 0.2) is 12.7 Å². The molecule has 202 valence electrons. The maximum absolute atomic E-state index is 10.7. The SMILES string of the molecule is C=CC(N)(C(N)(N)C(N)(N)C(N)(N)N)C(N)(CC)C(N)(N)C(N)(N)C(N)(N)CCNCC(=O)O. The average Bonchev–Trinajstić information content (AvgIpc) is 2.67. The van der Waals surface area contributed by atoms with E-state index in [1.165, 1.54) is 6.92 Å². The number of hydrogen-bond acceptors (Lipinski definition) is 17. The maximum atomic E-state index is 10.7. The summed E-state index contributed by atoms with van der Waals surface area (Å²) in [6.45, 7) is 4.71. The Bertz CT molecular complexity index is 746. The molecule has 2 unspecified atom stereocenters.